The SMILES string of the molecule is CCC1C(=O)NC(=O)CN1C(=NCCCOC)NN. The number of ether oxygens (including phenoxy) is 1. The Balaban J connectivity index is 2.75. The molecule has 0 aromatic rings. The van der Waals surface area contributed by atoms with Crippen molar-refractivity contribution in [2.75, 3.05) is 26.8 Å². The number of carbonyl (C=O) groups excluding carboxylic acids is 2. The Hall–Kier alpha value is -1.67. The summed E-state index contributed by atoms with van der Waals surface area (Å²) in [6, 6.07) is -0.435. The standard InChI is InChI=1S/C11H21N5O3/c1-3-8-10(18)14-9(17)7-16(8)11(15-12)13-5-4-6-19-2/h8H,3-7,12H2,1-2H3,(H,13,15)(H,14,17,18). The predicted molar refractivity (Wildman–Crippen MR) is 70.1 cm³/mol. The number of nitrogens with one attached hydrogen (secondary N) is 2. The fourth-order valence-electron chi connectivity index (χ4n) is 1.91. The van der Waals surface area contributed by atoms with Crippen LogP contribution in [0.1, 0.15) is 19.8 Å². The summed E-state index contributed by atoms with van der Waals surface area (Å²) < 4.78 is 4.93. The number of piperazine rings is 1. The number of hydrazine groups is 1. The number of nitrogens with zero attached hydrogens (tertiary/aromatic N) is 2. The summed E-state index contributed by atoms with van der Waals surface area (Å²) in [5.41, 5.74) is 2.46. The zero-order valence-electron chi connectivity index (χ0n) is 11.3. The molecule has 0 aliphatic carbocycles. The average molecular weight is 271 g/mol. The van der Waals surface area contributed by atoms with Crippen LogP contribution in [0.5, 0.6) is 0 Å². The minimum Gasteiger partial charge on any atom is -0.385 e. The van der Waals surface area contributed by atoms with E-state index in [1.54, 1.807) is 12.0 Å². The molecule has 0 spiro atoms. The largest absolute Gasteiger partial charge is 0.385 e. The van der Waals surface area contributed by atoms with E-state index in [4.69, 9.17) is 10.6 Å². The number of hydrogen-bond donors (Lipinski definition) is 3. The highest BCUT2D eigenvalue weighted by Crippen LogP contribution is 2.09. The van der Waals surface area contributed by atoms with Gasteiger partial charge in [0.15, 0.2) is 0 Å². The van der Waals surface area contributed by atoms with Crippen LogP contribution < -0.4 is 16.6 Å². The molecule has 8 nitrogen and oxygen atoms in total. The molecular formula is C11H21N5O3. The molecule has 1 heterocycles. The summed E-state index contributed by atoms with van der Waals surface area (Å²) in [6.07, 6.45) is 1.31. The van der Waals surface area contributed by atoms with Gasteiger partial charge in [-0.25, -0.2) is 5.84 Å². The number of imide groups is 1. The maximum Gasteiger partial charge on any atom is 0.249 e. The first-order valence-electron chi connectivity index (χ1n) is 6.24. The van der Waals surface area contributed by atoms with Crippen molar-refractivity contribution in [1.82, 2.24) is 15.6 Å². The van der Waals surface area contributed by atoms with Crippen molar-refractivity contribution in [2.24, 2.45) is 10.8 Å². The van der Waals surface area contributed by atoms with Gasteiger partial charge >= 0.3 is 0 Å². The van der Waals surface area contributed by atoms with Gasteiger partial charge in [0, 0.05) is 20.3 Å². The minimum absolute atomic E-state index is 0.0670. The summed E-state index contributed by atoms with van der Waals surface area (Å²) in [6.45, 7) is 3.04. The average Bonchev–Trinajstić information content (AvgIpc) is 2.38. The second-order valence-electron chi connectivity index (χ2n) is 4.16. The molecule has 0 radical (unpaired) electrons. The van der Waals surface area contributed by atoms with E-state index in [1.165, 1.54) is 0 Å². The maximum atomic E-state index is 11.7. The molecule has 8 heteroatoms. The molecule has 1 unspecified atom stereocenters. The highest BCUT2D eigenvalue weighted by molar-refractivity contribution is 6.04. The third-order valence-electron chi connectivity index (χ3n) is 2.81. The molecule has 1 aliphatic rings. The first-order valence-corrected chi connectivity index (χ1v) is 6.24. The molecule has 1 aliphatic heterocycles. The van der Waals surface area contributed by atoms with E-state index in [0.717, 1.165) is 6.42 Å². The van der Waals surface area contributed by atoms with Crippen molar-refractivity contribution < 1.29 is 14.3 Å². The van der Waals surface area contributed by atoms with Crippen LogP contribution in [0.3, 0.4) is 0 Å². The first-order chi connectivity index (χ1) is 9.13. The normalized spacial score (nSPS) is 20.5. The number of methoxy groups -OCH3 is 1. The van der Waals surface area contributed by atoms with Crippen LogP contribution in [0.2, 0.25) is 0 Å². The summed E-state index contributed by atoms with van der Waals surface area (Å²) >= 11 is 0. The Morgan fingerprint density at radius 2 is 2.37 bits per heavy atom. The fourth-order valence-corrected chi connectivity index (χ4v) is 1.91. The van der Waals surface area contributed by atoms with E-state index < -0.39 is 6.04 Å². The van der Waals surface area contributed by atoms with Crippen molar-refractivity contribution in [3.63, 3.8) is 0 Å². The lowest BCUT2D eigenvalue weighted by atomic mass is 10.1. The zero-order valence-corrected chi connectivity index (χ0v) is 11.3. The molecule has 108 valence electrons. The molecule has 1 atom stereocenters. The Morgan fingerprint density at radius 3 is 2.95 bits per heavy atom. The quantitative estimate of drug-likeness (QED) is 0.141. The topological polar surface area (TPSA) is 109 Å². The van der Waals surface area contributed by atoms with Gasteiger partial charge in [0.2, 0.25) is 17.8 Å². The zero-order chi connectivity index (χ0) is 14.3. The van der Waals surface area contributed by atoms with Gasteiger partial charge in [0.25, 0.3) is 0 Å². The summed E-state index contributed by atoms with van der Waals surface area (Å²) in [4.78, 5) is 29.0. The van der Waals surface area contributed by atoms with Gasteiger partial charge in [-0.1, -0.05) is 6.92 Å². The van der Waals surface area contributed by atoms with Crippen molar-refractivity contribution in [2.45, 2.75) is 25.8 Å². The van der Waals surface area contributed by atoms with Gasteiger partial charge in [-0.15, -0.1) is 0 Å². The number of rotatable bonds is 5. The van der Waals surface area contributed by atoms with Gasteiger partial charge < -0.3 is 9.64 Å². The van der Waals surface area contributed by atoms with E-state index >= 15 is 0 Å². The lowest BCUT2D eigenvalue weighted by molar-refractivity contribution is -0.137. The number of aliphatic imine (C=N–C) groups is 1. The predicted octanol–water partition coefficient (Wildman–Crippen LogP) is -1.42. The van der Waals surface area contributed by atoms with E-state index in [2.05, 4.69) is 15.7 Å². The molecule has 2 amide bonds. The molecule has 0 saturated carbocycles. The van der Waals surface area contributed by atoms with Crippen molar-refractivity contribution in [3.05, 3.63) is 0 Å². The lowest BCUT2D eigenvalue weighted by Gasteiger charge is -2.35. The molecule has 0 bridgehead atoms. The number of carbonyl (C=O) groups is 2. The highest BCUT2D eigenvalue weighted by Gasteiger charge is 2.34. The molecule has 1 rings (SSSR count). The van der Waals surface area contributed by atoms with E-state index in [-0.39, 0.29) is 18.4 Å². The fraction of sp³-hybridized carbons (Fsp3) is 0.727. The number of guanidine groups is 1. The Kier molecular flexibility index (Phi) is 6.23. The van der Waals surface area contributed by atoms with Crippen molar-refractivity contribution in [3.8, 4) is 0 Å². The van der Waals surface area contributed by atoms with Crippen molar-refractivity contribution in [1.29, 1.82) is 0 Å². The van der Waals surface area contributed by atoms with Crippen LogP contribution in [0.15, 0.2) is 4.99 Å². The third kappa shape index (κ3) is 4.18. The first kappa shape index (κ1) is 15.4. The van der Waals surface area contributed by atoms with Crippen LogP contribution in [0.4, 0.5) is 0 Å². The molecule has 1 fully saturated rings. The second-order valence-corrected chi connectivity index (χ2v) is 4.16. The smallest absolute Gasteiger partial charge is 0.249 e. The minimum atomic E-state index is -0.435. The molecule has 1 saturated heterocycles. The lowest BCUT2D eigenvalue weighted by Crippen LogP contribution is -2.62. The number of hydrogen-bond acceptors (Lipinski definition) is 5. The number of nitrogens with two attached hydrogens (primary N) is 1. The van der Waals surface area contributed by atoms with Gasteiger partial charge in [-0.2, -0.15) is 0 Å². The Morgan fingerprint density at radius 1 is 1.63 bits per heavy atom. The van der Waals surface area contributed by atoms with E-state index in [9.17, 15) is 9.59 Å². The van der Waals surface area contributed by atoms with Gasteiger partial charge in [0.1, 0.15) is 12.6 Å². The van der Waals surface area contributed by atoms with Crippen LogP contribution in [-0.4, -0.2) is 55.5 Å². The molecule has 19 heavy (non-hydrogen) atoms. The maximum absolute atomic E-state index is 11.7. The summed E-state index contributed by atoms with van der Waals surface area (Å²) in [7, 11) is 1.62. The monoisotopic (exact) mass is 271 g/mol. The molecule has 0 aromatic heterocycles. The molecular weight excluding hydrogens is 250 g/mol. The molecule has 0 aromatic carbocycles. The van der Waals surface area contributed by atoms with Crippen LogP contribution in [0, 0.1) is 0 Å². The van der Waals surface area contributed by atoms with Gasteiger partial charge in [-0.05, 0) is 12.8 Å². The van der Waals surface area contributed by atoms with Crippen LogP contribution in [-0.2, 0) is 14.3 Å². The van der Waals surface area contributed by atoms with Gasteiger partial charge in [-0.3, -0.25) is 25.3 Å². The number of amides is 2. The van der Waals surface area contributed by atoms with E-state index in [0.29, 0.717) is 25.5 Å². The van der Waals surface area contributed by atoms with Crippen molar-refractivity contribution >= 4 is 17.8 Å². The second kappa shape index (κ2) is 7.70. The molecule has 4 N–H and O–H groups in total. The van der Waals surface area contributed by atoms with Crippen LogP contribution in [0.25, 0.3) is 0 Å². The van der Waals surface area contributed by atoms with Crippen LogP contribution >= 0.6 is 0 Å². The summed E-state index contributed by atoms with van der Waals surface area (Å²) in [5.74, 6) is 5.11. The third-order valence-corrected chi connectivity index (χ3v) is 2.81. The Labute approximate surface area is 112 Å². The highest BCUT2D eigenvalue weighted by atomic mass is 16.5. The van der Waals surface area contributed by atoms with Gasteiger partial charge in [0.05, 0.1) is 0 Å². The Bertz CT molecular complexity index is 358. The van der Waals surface area contributed by atoms with E-state index in [1.807, 2.05) is 6.92 Å². The summed E-state index contributed by atoms with van der Waals surface area (Å²) in [5, 5.41) is 2.30.